The summed E-state index contributed by atoms with van der Waals surface area (Å²) in [5.74, 6) is -0.0845. The van der Waals surface area contributed by atoms with E-state index in [0.29, 0.717) is 6.54 Å². The molecule has 5 heteroatoms. The maximum Gasteiger partial charge on any atom is 0.323 e. The minimum Gasteiger partial charge on any atom is -0.497 e. The van der Waals surface area contributed by atoms with Crippen LogP contribution in [0.15, 0.2) is 22.7 Å². The van der Waals surface area contributed by atoms with Crippen molar-refractivity contribution < 1.29 is 14.6 Å². The largest absolute Gasteiger partial charge is 0.497 e. The van der Waals surface area contributed by atoms with Crippen molar-refractivity contribution in [2.45, 2.75) is 25.9 Å². The fourth-order valence-corrected chi connectivity index (χ4v) is 1.79. The number of ether oxygens (including phenoxy) is 1. The Morgan fingerprint density at radius 3 is 2.61 bits per heavy atom. The lowest BCUT2D eigenvalue weighted by molar-refractivity contribution is -0.148. The van der Waals surface area contributed by atoms with E-state index >= 15 is 0 Å². The fourth-order valence-electron chi connectivity index (χ4n) is 1.42. The van der Waals surface area contributed by atoms with Gasteiger partial charge in [-0.1, -0.05) is 15.9 Å². The van der Waals surface area contributed by atoms with E-state index in [1.165, 1.54) is 0 Å². The Hall–Kier alpha value is -1.07. The second-order valence-corrected chi connectivity index (χ2v) is 5.53. The molecule has 0 radical (unpaired) electrons. The zero-order valence-electron chi connectivity index (χ0n) is 11.0. The number of hydrogen-bond acceptors (Lipinski definition) is 3. The van der Waals surface area contributed by atoms with Crippen molar-refractivity contribution in [1.82, 2.24) is 4.90 Å². The van der Waals surface area contributed by atoms with Crippen molar-refractivity contribution in [3.05, 3.63) is 28.2 Å². The molecule has 0 unspecified atom stereocenters. The molecular formula is C13H18BrNO3. The van der Waals surface area contributed by atoms with Crippen molar-refractivity contribution in [2.24, 2.45) is 0 Å². The Labute approximate surface area is 116 Å². The zero-order chi connectivity index (χ0) is 13.9. The second kappa shape index (κ2) is 5.71. The number of carbonyl (C=O) groups is 1. The number of nitrogens with zero attached hydrogens (tertiary/aromatic N) is 1. The summed E-state index contributed by atoms with van der Waals surface area (Å²) in [6.45, 7) is 3.89. The summed E-state index contributed by atoms with van der Waals surface area (Å²) in [5, 5.41) is 9.18. The van der Waals surface area contributed by atoms with E-state index in [0.717, 1.165) is 15.8 Å². The maximum absolute atomic E-state index is 11.2. The molecule has 0 spiro atoms. The molecule has 0 fully saturated rings. The Kier molecular flexibility index (Phi) is 4.76. The standard InChI is InChI=1S/C13H18BrNO3/c1-13(2,12(16)17)15(3)8-9-7-10(18-4)5-6-11(9)14/h5-7H,8H2,1-4H3,(H,16,17). The Bertz CT molecular complexity index is 446. The van der Waals surface area contributed by atoms with E-state index in [-0.39, 0.29) is 0 Å². The molecular weight excluding hydrogens is 298 g/mol. The van der Waals surface area contributed by atoms with Gasteiger partial charge in [0.2, 0.25) is 0 Å². The van der Waals surface area contributed by atoms with E-state index in [1.807, 2.05) is 18.2 Å². The third-order valence-corrected chi connectivity index (χ3v) is 3.91. The summed E-state index contributed by atoms with van der Waals surface area (Å²) in [5.41, 5.74) is 0.0777. The highest BCUT2D eigenvalue weighted by Gasteiger charge is 2.32. The van der Waals surface area contributed by atoms with Gasteiger partial charge in [0.1, 0.15) is 11.3 Å². The molecule has 18 heavy (non-hydrogen) atoms. The summed E-state index contributed by atoms with van der Waals surface area (Å²) >= 11 is 3.46. The van der Waals surface area contributed by atoms with Gasteiger partial charge in [-0.2, -0.15) is 0 Å². The maximum atomic E-state index is 11.2. The summed E-state index contributed by atoms with van der Waals surface area (Å²) in [4.78, 5) is 13.0. The van der Waals surface area contributed by atoms with Crippen LogP contribution in [0.1, 0.15) is 19.4 Å². The van der Waals surface area contributed by atoms with Crippen LogP contribution in [0.3, 0.4) is 0 Å². The Morgan fingerprint density at radius 2 is 2.11 bits per heavy atom. The average molecular weight is 316 g/mol. The molecule has 1 rings (SSSR count). The van der Waals surface area contributed by atoms with Crippen molar-refractivity contribution in [3.8, 4) is 5.75 Å². The molecule has 0 saturated heterocycles. The molecule has 0 aromatic heterocycles. The first-order valence-electron chi connectivity index (χ1n) is 5.56. The molecule has 1 aromatic carbocycles. The number of halogens is 1. The number of carboxylic acids is 1. The van der Waals surface area contributed by atoms with Crippen LogP contribution in [-0.4, -0.2) is 35.7 Å². The van der Waals surface area contributed by atoms with Gasteiger partial charge in [0, 0.05) is 11.0 Å². The van der Waals surface area contributed by atoms with E-state index < -0.39 is 11.5 Å². The monoisotopic (exact) mass is 315 g/mol. The molecule has 100 valence electrons. The van der Waals surface area contributed by atoms with Crippen LogP contribution in [-0.2, 0) is 11.3 Å². The molecule has 0 atom stereocenters. The average Bonchev–Trinajstić information content (AvgIpc) is 2.31. The third kappa shape index (κ3) is 3.23. The number of methoxy groups -OCH3 is 1. The van der Waals surface area contributed by atoms with Crippen LogP contribution in [0.4, 0.5) is 0 Å². The lowest BCUT2D eigenvalue weighted by Gasteiger charge is -2.31. The normalized spacial score (nSPS) is 11.7. The van der Waals surface area contributed by atoms with Gasteiger partial charge in [-0.15, -0.1) is 0 Å². The molecule has 0 saturated carbocycles. The quantitative estimate of drug-likeness (QED) is 0.907. The van der Waals surface area contributed by atoms with Gasteiger partial charge in [0.25, 0.3) is 0 Å². The van der Waals surface area contributed by atoms with Gasteiger partial charge in [0.05, 0.1) is 7.11 Å². The predicted molar refractivity (Wildman–Crippen MR) is 73.9 cm³/mol. The first kappa shape index (κ1) is 15.0. The summed E-state index contributed by atoms with van der Waals surface area (Å²) in [6.07, 6.45) is 0. The van der Waals surface area contributed by atoms with Crippen LogP contribution >= 0.6 is 15.9 Å². The SMILES string of the molecule is COc1ccc(Br)c(CN(C)C(C)(C)C(=O)O)c1. The number of carboxylic acid groups (broad SMARTS) is 1. The van der Waals surface area contributed by atoms with Crippen molar-refractivity contribution in [1.29, 1.82) is 0 Å². The number of hydrogen-bond donors (Lipinski definition) is 1. The van der Waals surface area contributed by atoms with Crippen LogP contribution < -0.4 is 4.74 Å². The highest BCUT2D eigenvalue weighted by atomic mass is 79.9. The van der Waals surface area contributed by atoms with Crippen molar-refractivity contribution >= 4 is 21.9 Å². The number of aliphatic carboxylic acids is 1. The van der Waals surface area contributed by atoms with Crippen LogP contribution in [0.5, 0.6) is 5.75 Å². The molecule has 0 aliphatic rings. The molecule has 0 aliphatic carbocycles. The van der Waals surface area contributed by atoms with Crippen LogP contribution in [0, 0.1) is 0 Å². The van der Waals surface area contributed by atoms with Crippen molar-refractivity contribution in [3.63, 3.8) is 0 Å². The molecule has 4 nitrogen and oxygen atoms in total. The van der Waals surface area contributed by atoms with Gasteiger partial charge in [0.15, 0.2) is 0 Å². The molecule has 0 heterocycles. The number of benzene rings is 1. The Balaban J connectivity index is 2.94. The molecule has 0 amide bonds. The van der Waals surface area contributed by atoms with Gasteiger partial charge < -0.3 is 9.84 Å². The number of rotatable bonds is 5. The zero-order valence-corrected chi connectivity index (χ0v) is 12.6. The molecule has 0 aliphatic heterocycles. The van der Waals surface area contributed by atoms with E-state index in [1.54, 1.807) is 32.9 Å². The summed E-state index contributed by atoms with van der Waals surface area (Å²) in [6, 6.07) is 5.66. The van der Waals surface area contributed by atoms with E-state index in [9.17, 15) is 9.90 Å². The first-order valence-corrected chi connectivity index (χ1v) is 6.35. The minimum absolute atomic E-state index is 0.525. The fraction of sp³-hybridized carbons (Fsp3) is 0.462. The second-order valence-electron chi connectivity index (χ2n) is 4.68. The lowest BCUT2D eigenvalue weighted by atomic mass is 10.0. The lowest BCUT2D eigenvalue weighted by Crippen LogP contribution is -2.47. The van der Waals surface area contributed by atoms with Gasteiger partial charge >= 0.3 is 5.97 Å². The van der Waals surface area contributed by atoms with Crippen molar-refractivity contribution in [2.75, 3.05) is 14.2 Å². The molecule has 0 bridgehead atoms. The van der Waals surface area contributed by atoms with E-state index in [2.05, 4.69) is 15.9 Å². The number of likely N-dealkylation sites (N-methyl/N-ethyl adjacent to an activating group) is 1. The van der Waals surface area contributed by atoms with Gasteiger partial charge in [-0.25, -0.2) is 0 Å². The third-order valence-electron chi connectivity index (χ3n) is 3.14. The highest BCUT2D eigenvalue weighted by molar-refractivity contribution is 9.10. The predicted octanol–water partition coefficient (Wildman–Crippen LogP) is 2.75. The molecule has 1 aromatic rings. The first-order chi connectivity index (χ1) is 8.28. The Morgan fingerprint density at radius 1 is 1.50 bits per heavy atom. The van der Waals surface area contributed by atoms with Crippen LogP contribution in [0.2, 0.25) is 0 Å². The van der Waals surface area contributed by atoms with Gasteiger partial charge in [-0.3, -0.25) is 9.69 Å². The highest BCUT2D eigenvalue weighted by Crippen LogP contribution is 2.25. The van der Waals surface area contributed by atoms with Crippen LogP contribution in [0.25, 0.3) is 0 Å². The topological polar surface area (TPSA) is 49.8 Å². The van der Waals surface area contributed by atoms with Gasteiger partial charge in [-0.05, 0) is 44.7 Å². The summed E-state index contributed by atoms with van der Waals surface area (Å²) in [7, 11) is 3.40. The summed E-state index contributed by atoms with van der Waals surface area (Å²) < 4.78 is 6.11. The minimum atomic E-state index is -0.914. The van der Waals surface area contributed by atoms with E-state index in [4.69, 9.17) is 4.74 Å². The molecule has 1 N–H and O–H groups in total. The smallest absolute Gasteiger partial charge is 0.323 e.